The summed E-state index contributed by atoms with van der Waals surface area (Å²) in [6, 6.07) is 135. The van der Waals surface area contributed by atoms with Crippen molar-refractivity contribution in [1.29, 1.82) is 0 Å². The first-order valence-electron chi connectivity index (χ1n) is 39.6. The van der Waals surface area contributed by atoms with E-state index in [1.165, 1.54) is 64.6 Å². The Morgan fingerprint density at radius 2 is 0.390 bits per heavy atom. The summed E-state index contributed by atoms with van der Waals surface area (Å²) in [4.78, 5) is 40.5. The summed E-state index contributed by atoms with van der Waals surface area (Å²) in [5.74, 6) is 3.70. The fraction of sp³-hybridized carbons (Fsp3) is 0. The van der Waals surface area contributed by atoms with Crippen LogP contribution >= 0.6 is 0 Å². The summed E-state index contributed by atoms with van der Waals surface area (Å²) in [6.07, 6.45) is 0. The van der Waals surface area contributed by atoms with Gasteiger partial charge in [0.05, 0.1) is 33.2 Å². The summed E-state index contributed by atoms with van der Waals surface area (Å²) >= 11 is 0. The Bertz CT molecular complexity index is 7990. The van der Waals surface area contributed by atoms with Gasteiger partial charge in [-0.2, -0.15) is 0 Å². The highest BCUT2D eigenvalue weighted by Gasteiger charge is 2.24. The van der Waals surface area contributed by atoms with Crippen molar-refractivity contribution in [3.05, 3.63) is 388 Å². The lowest BCUT2D eigenvalue weighted by atomic mass is 9.91. The number of para-hydroxylation sites is 2. The van der Waals surface area contributed by atoms with Crippen LogP contribution in [0, 0.1) is 0 Å². The Morgan fingerprint density at radius 1 is 0.144 bits per heavy atom. The third-order valence-electron chi connectivity index (χ3n) is 23.0. The number of nitrogens with zero attached hydrogens (tertiary/aromatic N) is 8. The molecule has 548 valence electrons. The zero-order valence-electron chi connectivity index (χ0n) is 63.3. The fourth-order valence-electron chi connectivity index (χ4n) is 17.3. The Morgan fingerprint density at radius 3 is 0.754 bits per heavy atom. The van der Waals surface area contributed by atoms with E-state index < -0.39 is 0 Å². The average Bonchev–Trinajstić information content (AvgIpc) is 1.42. The van der Waals surface area contributed by atoms with Crippen LogP contribution in [0.25, 0.3) is 243 Å². The molecule has 0 amide bonds. The van der Waals surface area contributed by atoms with E-state index in [1.807, 2.05) is 146 Å². The van der Waals surface area contributed by atoms with Gasteiger partial charge in [0.1, 0.15) is 22.3 Å². The molecule has 10 heteroatoms. The molecule has 6 aromatic heterocycles. The Kier molecular flexibility index (Phi) is 16.0. The van der Waals surface area contributed by atoms with Gasteiger partial charge in [0.2, 0.25) is 0 Å². The minimum Gasteiger partial charge on any atom is -0.455 e. The third-order valence-corrected chi connectivity index (χ3v) is 23.0. The van der Waals surface area contributed by atoms with Crippen LogP contribution in [0.15, 0.2) is 397 Å². The molecule has 10 nitrogen and oxygen atoms in total. The highest BCUT2D eigenvalue weighted by Crippen LogP contribution is 2.46. The van der Waals surface area contributed by atoms with Crippen LogP contribution < -0.4 is 0 Å². The van der Waals surface area contributed by atoms with Crippen LogP contribution in [0.2, 0.25) is 0 Å². The van der Waals surface area contributed by atoms with Crippen LogP contribution in [0.1, 0.15) is 0 Å². The Labute approximate surface area is 676 Å². The fourth-order valence-corrected chi connectivity index (χ4v) is 17.3. The summed E-state index contributed by atoms with van der Waals surface area (Å²) in [5.41, 5.74) is 18.6. The topological polar surface area (TPSA) is 129 Å². The van der Waals surface area contributed by atoms with Gasteiger partial charge in [-0.1, -0.05) is 334 Å². The highest BCUT2D eigenvalue weighted by molar-refractivity contribution is 6.28. The molecule has 6 heterocycles. The van der Waals surface area contributed by atoms with E-state index in [0.717, 1.165) is 144 Å². The third kappa shape index (κ3) is 11.6. The van der Waals surface area contributed by atoms with Gasteiger partial charge in [-0.25, -0.2) is 39.9 Å². The van der Waals surface area contributed by atoms with E-state index in [9.17, 15) is 0 Å². The minimum atomic E-state index is 0.592. The van der Waals surface area contributed by atoms with Crippen LogP contribution in [-0.4, -0.2) is 39.9 Å². The second kappa shape index (κ2) is 28.0. The van der Waals surface area contributed by atoms with Crippen molar-refractivity contribution in [3.63, 3.8) is 0 Å². The van der Waals surface area contributed by atoms with E-state index in [2.05, 4.69) is 243 Å². The van der Waals surface area contributed by atoms with Gasteiger partial charge in [-0.3, -0.25) is 0 Å². The number of hydrogen-bond acceptors (Lipinski definition) is 10. The number of aromatic nitrogens is 8. The molecule has 0 unspecified atom stereocenters. The number of rotatable bonds is 10. The molecule has 118 heavy (non-hydrogen) atoms. The van der Waals surface area contributed by atoms with Gasteiger partial charge in [0, 0.05) is 66.1 Å². The zero-order valence-corrected chi connectivity index (χ0v) is 63.3. The summed E-state index contributed by atoms with van der Waals surface area (Å²) < 4.78 is 13.5. The summed E-state index contributed by atoms with van der Waals surface area (Å²) in [6.45, 7) is 0. The van der Waals surface area contributed by atoms with E-state index in [0.29, 0.717) is 34.9 Å². The van der Waals surface area contributed by atoms with Crippen LogP contribution in [-0.2, 0) is 0 Å². The smallest absolute Gasteiger partial charge is 0.164 e. The first-order valence-corrected chi connectivity index (χ1v) is 39.6. The molecule has 18 aromatic carbocycles. The molecule has 0 bridgehead atoms. The second-order valence-corrected chi connectivity index (χ2v) is 29.9. The molecule has 0 aliphatic rings. The molecule has 0 radical (unpaired) electrons. The molecule has 0 fully saturated rings. The van der Waals surface area contributed by atoms with E-state index in [-0.39, 0.29) is 0 Å². The number of fused-ring (bicyclic) bond motifs is 22. The normalized spacial score (nSPS) is 11.7. The lowest BCUT2D eigenvalue weighted by Crippen LogP contribution is -2.00. The molecule has 0 aliphatic carbocycles. The van der Waals surface area contributed by atoms with Crippen LogP contribution in [0.4, 0.5) is 0 Å². The van der Waals surface area contributed by atoms with Gasteiger partial charge < -0.3 is 8.83 Å². The van der Waals surface area contributed by atoms with E-state index >= 15 is 0 Å². The second-order valence-electron chi connectivity index (χ2n) is 29.9. The average molecular weight is 1510 g/mol. The SMILES string of the molecule is c1ccc(-c2nc(-c3ccccc3)nc(-c3ccc(-c4nc5ccc(-c6ccc7c8ccccc8c8ccccc8c7c6)cc5c5oc6ccccc6c45)cc3)n2)cc1.c1ccc(-c2nc(-c3ccccc3)nc(-c3cccc(-c4nc5ccc(-c6ccc7c8ccccc8c8ccccc8c7c6)cc5c5oc6ccccc6c45)c3)n2)cc1. The molecule has 24 aromatic rings. The van der Waals surface area contributed by atoms with Crippen molar-refractivity contribution in [1.82, 2.24) is 39.9 Å². The molecule has 0 saturated carbocycles. The summed E-state index contributed by atoms with van der Waals surface area (Å²) in [5, 5.41) is 21.1. The van der Waals surface area contributed by atoms with Gasteiger partial charge in [-0.05, 0) is 141 Å². The Hall–Kier alpha value is -16.0. The highest BCUT2D eigenvalue weighted by atomic mass is 16.3. The molecule has 0 atom stereocenters. The zero-order chi connectivity index (χ0) is 77.7. The van der Waals surface area contributed by atoms with Crippen molar-refractivity contribution in [2.45, 2.75) is 0 Å². The van der Waals surface area contributed by atoms with Crippen molar-refractivity contribution < 1.29 is 8.83 Å². The minimum absolute atomic E-state index is 0.592. The first-order chi connectivity index (χ1) is 58.5. The molecule has 24 rings (SSSR count). The van der Waals surface area contributed by atoms with Crippen LogP contribution in [0.3, 0.4) is 0 Å². The lowest BCUT2D eigenvalue weighted by Gasteiger charge is -2.13. The van der Waals surface area contributed by atoms with Crippen molar-refractivity contribution >= 4 is 130 Å². The van der Waals surface area contributed by atoms with Crippen LogP contribution in [0.5, 0.6) is 0 Å². The maximum absolute atomic E-state index is 6.77. The molecule has 0 spiro atoms. The molecule has 0 aliphatic heterocycles. The summed E-state index contributed by atoms with van der Waals surface area (Å²) in [7, 11) is 0. The standard InChI is InChI=1S/2C54H32N4O/c1-3-14-33(15-4-1)52-56-53(34-16-5-2-6-17-34)58-54(57-52)38-19-13-18-37(30-38)50-49-44-24-11-12-25-48(44)59-51(49)46-32-36(27-29-47(46)55-50)35-26-28-43-41-22-8-7-20-39(41)40-21-9-10-23-42(40)45(43)31-35;1-3-13-34(14-4-1)52-56-53(35-15-5-2-6-16-35)58-54(57-52)36-25-23-33(24-26-36)50-49-44-21-11-12-22-48(44)59-51(49)46-32-38(28-30-47(46)55-50)37-27-29-43-41-19-8-7-17-39(41)40-18-9-10-20-42(40)45(43)31-37/h2*1-32H. The number of hydrogen-bond donors (Lipinski definition) is 0. The molecule has 0 N–H and O–H groups in total. The quantitative estimate of drug-likeness (QED) is 0.122. The number of pyridine rings is 2. The maximum Gasteiger partial charge on any atom is 0.164 e. The monoisotopic (exact) mass is 1500 g/mol. The Balaban J connectivity index is 0.000000138. The predicted octanol–water partition coefficient (Wildman–Crippen LogP) is 28.2. The number of benzene rings is 18. The van der Waals surface area contributed by atoms with Gasteiger partial charge in [0.25, 0.3) is 0 Å². The van der Waals surface area contributed by atoms with Crippen molar-refractivity contribution in [2.75, 3.05) is 0 Å². The largest absolute Gasteiger partial charge is 0.455 e. The van der Waals surface area contributed by atoms with E-state index in [1.54, 1.807) is 0 Å². The van der Waals surface area contributed by atoms with E-state index in [4.69, 9.17) is 48.7 Å². The maximum atomic E-state index is 6.77. The van der Waals surface area contributed by atoms with Crippen molar-refractivity contribution in [2.24, 2.45) is 0 Å². The predicted molar refractivity (Wildman–Crippen MR) is 484 cm³/mol. The molecule has 0 saturated heterocycles. The molecular formula is C108H64N8O2. The number of furan rings is 2. The first kappa shape index (κ1) is 67.6. The van der Waals surface area contributed by atoms with Gasteiger partial charge >= 0.3 is 0 Å². The van der Waals surface area contributed by atoms with Gasteiger partial charge in [-0.15, -0.1) is 0 Å². The van der Waals surface area contributed by atoms with Crippen molar-refractivity contribution in [3.8, 4) is 113 Å². The molecular weight excluding hydrogens is 1440 g/mol. The lowest BCUT2D eigenvalue weighted by molar-refractivity contribution is 0.672. The van der Waals surface area contributed by atoms with Gasteiger partial charge in [0.15, 0.2) is 34.9 Å².